The largest absolute Gasteiger partial charge is 0.366 e. The fourth-order valence-corrected chi connectivity index (χ4v) is 1.83. The van der Waals surface area contributed by atoms with E-state index in [9.17, 15) is 0 Å². The lowest BCUT2D eigenvalue weighted by atomic mass is 10.2. The highest BCUT2D eigenvalue weighted by Gasteiger charge is 2.06. The molecule has 0 bridgehead atoms. The van der Waals surface area contributed by atoms with E-state index in [1.165, 1.54) is 6.07 Å². The Kier molecular flexibility index (Phi) is 3.80. The van der Waals surface area contributed by atoms with Crippen molar-refractivity contribution in [3.05, 3.63) is 41.3 Å². The second-order valence-electron chi connectivity index (χ2n) is 3.95. The molecular formula is C12H12ClN5. The molecule has 0 aromatic carbocycles. The monoisotopic (exact) mass is 261 g/mol. The summed E-state index contributed by atoms with van der Waals surface area (Å²) in [5, 5.41) is 16.5. The number of halogens is 1. The van der Waals surface area contributed by atoms with Gasteiger partial charge in [0, 0.05) is 18.4 Å². The van der Waals surface area contributed by atoms with Crippen molar-refractivity contribution >= 4 is 17.4 Å². The van der Waals surface area contributed by atoms with E-state index in [1.807, 2.05) is 29.9 Å². The summed E-state index contributed by atoms with van der Waals surface area (Å²) in [6.45, 7) is 2.72. The number of hydrogen-bond acceptors (Lipinski definition) is 4. The van der Waals surface area contributed by atoms with Gasteiger partial charge in [-0.15, -0.1) is 0 Å². The fraction of sp³-hybridized carbons (Fsp3) is 0.250. The van der Waals surface area contributed by atoms with E-state index in [0.29, 0.717) is 23.1 Å². The average molecular weight is 262 g/mol. The summed E-state index contributed by atoms with van der Waals surface area (Å²) in [5.41, 5.74) is 0.490. The number of nitrogens with zero attached hydrogens (tertiary/aromatic N) is 4. The lowest BCUT2D eigenvalue weighted by molar-refractivity contribution is 0.560. The van der Waals surface area contributed by atoms with Crippen LogP contribution >= 0.6 is 11.6 Å². The molecule has 1 unspecified atom stereocenters. The Morgan fingerprint density at radius 1 is 1.56 bits per heavy atom. The van der Waals surface area contributed by atoms with Crippen LogP contribution in [0.2, 0.25) is 5.15 Å². The minimum absolute atomic E-state index is 0.127. The summed E-state index contributed by atoms with van der Waals surface area (Å²) in [6.07, 6.45) is 3.63. The topological polar surface area (TPSA) is 66.5 Å². The molecule has 1 atom stereocenters. The van der Waals surface area contributed by atoms with Gasteiger partial charge in [0.25, 0.3) is 0 Å². The van der Waals surface area contributed by atoms with Crippen molar-refractivity contribution in [2.45, 2.75) is 19.5 Å². The van der Waals surface area contributed by atoms with Crippen LogP contribution in [0.15, 0.2) is 30.6 Å². The van der Waals surface area contributed by atoms with Gasteiger partial charge in [0.05, 0.1) is 18.2 Å². The number of nitrogens with one attached hydrogen (secondary N) is 1. The van der Waals surface area contributed by atoms with E-state index in [2.05, 4.69) is 15.4 Å². The van der Waals surface area contributed by atoms with Gasteiger partial charge >= 0.3 is 0 Å². The number of pyridine rings is 1. The molecule has 92 valence electrons. The lowest BCUT2D eigenvalue weighted by Gasteiger charge is -2.14. The second-order valence-corrected chi connectivity index (χ2v) is 4.34. The van der Waals surface area contributed by atoms with Crippen LogP contribution in [-0.2, 0) is 6.54 Å². The normalized spacial score (nSPS) is 11.8. The van der Waals surface area contributed by atoms with Gasteiger partial charge in [-0.2, -0.15) is 10.4 Å². The number of anilines is 1. The predicted molar refractivity (Wildman–Crippen MR) is 69.3 cm³/mol. The molecule has 0 fully saturated rings. The molecule has 6 heteroatoms. The summed E-state index contributed by atoms with van der Waals surface area (Å²) in [7, 11) is 0. The first kappa shape index (κ1) is 12.4. The molecule has 2 aromatic heterocycles. The Morgan fingerprint density at radius 2 is 2.39 bits per heavy atom. The Balaban J connectivity index is 2.05. The highest BCUT2D eigenvalue weighted by atomic mass is 35.5. The molecular weight excluding hydrogens is 250 g/mol. The Bertz CT molecular complexity index is 558. The molecule has 0 aliphatic rings. The van der Waals surface area contributed by atoms with Crippen LogP contribution in [0.5, 0.6) is 0 Å². The number of rotatable bonds is 4. The molecule has 0 spiro atoms. The van der Waals surface area contributed by atoms with Gasteiger partial charge in [-0.1, -0.05) is 11.6 Å². The Labute approximate surface area is 110 Å². The summed E-state index contributed by atoms with van der Waals surface area (Å²) in [4.78, 5) is 4.12. The Morgan fingerprint density at radius 3 is 3.06 bits per heavy atom. The van der Waals surface area contributed by atoms with Gasteiger partial charge in [-0.25, -0.2) is 4.98 Å². The number of aromatic nitrogens is 3. The first-order valence-electron chi connectivity index (χ1n) is 5.49. The molecule has 18 heavy (non-hydrogen) atoms. The first-order valence-corrected chi connectivity index (χ1v) is 5.87. The van der Waals surface area contributed by atoms with Crippen LogP contribution in [-0.4, -0.2) is 20.8 Å². The standard InChI is InChI=1S/C12H12ClN5/c1-9(8-18-4-2-3-15-18)16-12-6-10(7-14)5-11(13)17-12/h2-6,9H,8H2,1H3,(H,16,17). The fourth-order valence-electron chi connectivity index (χ4n) is 1.62. The third-order valence-corrected chi connectivity index (χ3v) is 2.53. The van der Waals surface area contributed by atoms with Crippen LogP contribution in [0.25, 0.3) is 0 Å². The van der Waals surface area contributed by atoms with E-state index in [0.717, 1.165) is 0 Å². The minimum atomic E-state index is 0.127. The van der Waals surface area contributed by atoms with Gasteiger partial charge in [0.1, 0.15) is 11.0 Å². The molecule has 2 rings (SSSR count). The van der Waals surface area contributed by atoms with Crippen molar-refractivity contribution in [1.82, 2.24) is 14.8 Å². The molecule has 0 aliphatic carbocycles. The van der Waals surface area contributed by atoms with Gasteiger partial charge in [-0.05, 0) is 25.1 Å². The zero-order valence-corrected chi connectivity index (χ0v) is 10.6. The highest BCUT2D eigenvalue weighted by molar-refractivity contribution is 6.29. The van der Waals surface area contributed by atoms with Crippen LogP contribution in [0.3, 0.4) is 0 Å². The van der Waals surface area contributed by atoms with Crippen molar-refractivity contribution in [1.29, 1.82) is 5.26 Å². The summed E-state index contributed by atoms with van der Waals surface area (Å²) < 4.78 is 1.83. The molecule has 0 radical (unpaired) electrons. The molecule has 0 saturated carbocycles. The maximum atomic E-state index is 8.85. The van der Waals surface area contributed by atoms with Crippen molar-refractivity contribution < 1.29 is 0 Å². The third-order valence-electron chi connectivity index (χ3n) is 2.34. The smallest absolute Gasteiger partial charge is 0.132 e. The van der Waals surface area contributed by atoms with Crippen molar-refractivity contribution in [3.63, 3.8) is 0 Å². The van der Waals surface area contributed by atoms with Crippen molar-refractivity contribution in [2.24, 2.45) is 0 Å². The van der Waals surface area contributed by atoms with E-state index < -0.39 is 0 Å². The van der Waals surface area contributed by atoms with E-state index in [-0.39, 0.29) is 6.04 Å². The summed E-state index contributed by atoms with van der Waals surface area (Å²) in [5.74, 6) is 0.596. The number of nitriles is 1. The van der Waals surface area contributed by atoms with Crippen LogP contribution < -0.4 is 5.32 Å². The first-order chi connectivity index (χ1) is 8.67. The summed E-state index contributed by atoms with van der Waals surface area (Å²) in [6, 6.07) is 7.25. The van der Waals surface area contributed by atoms with Gasteiger partial charge in [-0.3, -0.25) is 4.68 Å². The molecule has 0 saturated heterocycles. The highest BCUT2D eigenvalue weighted by Crippen LogP contribution is 2.14. The maximum Gasteiger partial charge on any atom is 0.132 e. The third kappa shape index (κ3) is 3.22. The van der Waals surface area contributed by atoms with Gasteiger partial charge in [0.2, 0.25) is 0 Å². The van der Waals surface area contributed by atoms with Gasteiger partial charge in [0.15, 0.2) is 0 Å². The molecule has 5 nitrogen and oxygen atoms in total. The quantitative estimate of drug-likeness (QED) is 0.858. The van der Waals surface area contributed by atoms with Crippen molar-refractivity contribution in [2.75, 3.05) is 5.32 Å². The molecule has 0 aliphatic heterocycles. The molecule has 0 amide bonds. The maximum absolute atomic E-state index is 8.85. The minimum Gasteiger partial charge on any atom is -0.366 e. The summed E-state index contributed by atoms with van der Waals surface area (Å²) >= 11 is 5.84. The lowest BCUT2D eigenvalue weighted by Crippen LogP contribution is -2.22. The van der Waals surface area contributed by atoms with E-state index in [1.54, 1.807) is 12.3 Å². The van der Waals surface area contributed by atoms with Crippen molar-refractivity contribution in [3.8, 4) is 6.07 Å². The van der Waals surface area contributed by atoms with Crippen LogP contribution in [0.1, 0.15) is 12.5 Å². The van der Waals surface area contributed by atoms with E-state index >= 15 is 0 Å². The van der Waals surface area contributed by atoms with Gasteiger partial charge < -0.3 is 5.32 Å². The molecule has 1 N–H and O–H groups in total. The zero-order valence-electron chi connectivity index (χ0n) is 9.84. The molecule has 2 heterocycles. The second kappa shape index (κ2) is 5.52. The number of hydrogen-bond donors (Lipinski definition) is 1. The zero-order chi connectivity index (χ0) is 13.0. The van der Waals surface area contributed by atoms with E-state index in [4.69, 9.17) is 16.9 Å². The Hall–Kier alpha value is -2.06. The average Bonchev–Trinajstić information content (AvgIpc) is 2.80. The SMILES string of the molecule is CC(Cn1cccn1)Nc1cc(C#N)cc(Cl)n1. The van der Waals surface area contributed by atoms with Crippen LogP contribution in [0.4, 0.5) is 5.82 Å². The van der Waals surface area contributed by atoms with Crippen LogP contribution in [0, 0.1) is 11.3 Å². The molecule has 2 aromatic rings. The predicted octanol–water partition coefficient (Wildman–Crippen LogP) is 2.30.